The molecule has 0 aromatic carbocycles. The molecule has 0 amide bonds. The number of hydrogen-bond acceptors (Lipinski definition) is 2. The summed E-state index contributed by atoms with van der Waals surface area (Å²) in [5, 5.41) is 8.99. The summed E-state index contributed by atoms with van der Waals surface area (Å²) in [6, 6.07) is 0.0580. The smallest absolute Gasteiger partial charge is 0.320 e. The lowest BCUT2D eigenvalue weighted by molar-refractivity contribution is -0.143. The van der Waals surface area contributed by atoms with Crippen LogP contribution < -0.4 is 0 Å². The van der Waals surface area contributed by atoms with Gasteiger partial charge in [-0.1, -0.05) is 20.3 Å². The maximum absolute atomic E-state index is 10.9. The molecular formula is C12H23NO2. The normalized spacial score (nSPS) is 34.1. The van der Waals surface area contributed by atoms with E-state index in [0.29, 0.717) is 12.0 Å². The summed E-state index contributed by atoms with van der Waals surface area (Å²) in [6.07, 6.45) is 3.64. The Bertz CT molecular complexity index is 230. The highest BCUT2D eigenvalue weighted by Gasteiger charge is 2.32. The van der Waals surface area contributed by atoms with Crippen molar-refractivity contribution in [3.05, 3.63) is 0 Å². The molecule has 0 saturated heterocycles. The van der Waals surface area contributed by atoms with Crippen molar-refractivity contribution in [1.29, 1.82) is 0 Å². The van der Waals surface area contributed by atoms with Gasteiger partial charge >= 0.3 is 5.97 Å². The summed E-state index contributed by atoms with van der Waals surface area (Å²) in [7, 11) is 1.94. The summed E-state index contributed by atoms with van der Waals surface area (Å²) in [5.74, 6) is 0.630. The van der Waals surface area contributed by atoms with Gasteiger partial charge in [-0.25, -0.2) is 0 Å². The third kappa shape index (κ3) is 2.94. The molecule has 88 valence electrons. The summed E-state index contributed by atoms with van der Waals surface area (Å²) in [6.45, 7) is 6.27. The molecule has 1 rings (SSSR count). The zero-order valence-electron chi connectivity index (χ0n) is 10.2. The summed E-state index contributed by atoms with van der Waals surface area (Å²) in [5.41, 5.74) is 0. The first-order chi connectivity index (χ1) is 6.93. The molecule has 0 radical (unpaired) electrons. The zero-order valence-corrected chi connectivity index (χ0v) is 10.2. The van der Waals surface area contributed by atoms with Crippen LogP contribution in [0.25, 0.3) is 0 Å². The SMILES string of the molecule is CC1CCC(C)C(N(C)C(C)C(=O)O)C1. The van der Waals surface area contributed by atoms with Crippen LogP contribution in [-0.2, 0) is 4.79 Å². The van der Waals surface area contributed by atoms with E-state index in [9.17, 15) is 4.79 Å². The minimum absolute atomic E-state index is 0.372. The number of carboxylic acid groups (broad SMARTS) is 1. The lowest BCUT2D eigenvalue weighted by Crippen LogP contribution is -2.48. The van der Waals surface area contributed by atoms with Gasteiger partial charge in [0.05, 0.1) is 0 Å². The first-order valence-corrected chi connectivity index (χ1v) is 5.88. The standard InChI is InChI=1S/C12H23NO2/c1-8-5-6-9(2)11(7-8)13(4)10(3)12(14)15/h8-11H,5-7H2,1-4H3,(H,14,15). The van der Waals surface area contributed by atoms with Crippen molar-refractivity contribution in [2.45, 2.75) is 52.1 Å². The highest BCUT2D eigenvalue weighted by molar-refractivity contribution is 5.72. The van der Waals surface area contributed by atoms with Crippen LogP contribution in [-0.4, -0.2) is 35.1 Å². The zero-order chi connectivity index (χ0) is 11.6. The highest BCUT2D eigenvalue weighted by atomic mass is 16.4. The van der Waals surface area contributed by atoms with E-state index in [4.69, 9.17) is 5.11 Å². The minimum Gasteiger partial charge on any atom is -0.480 e. The lowest BCUT2D eigenvalue weighted by Gasteiger charge is -2.40. The Morgan fingerprint density at radius 1 is 1.40 bits per heavy atom. The van der Waals surface area contributed by atoms with E-state index in [2.05, 4.69) is 13.8 Å². The molecule has 1 aliphatic carbocycles. The highest BCUT2D eigenvalue weighted by Crippen LogP contribution is 2.32. The molecule has 1 N–H and O–H groups in total. The van der Waals surface area contributed by atoms with E-state index >= 15 is 0 Å². The molecule has 15 heavy (non-hydrogen) atoms. The molecule has 1 saturated carbocycles. The van der Waals surface area contributed by atoms with E-state index in [1.807, 2.05) is 11.9 Å². The average molecular weight is 213 g/mol. The predicted molar refractivity (Wildman–Crippen MR) is 60.8 cm³/mol. The number of hydrogen-bond donors (Lipinski definition) is 1. The van der Waals surface area contributed by atoms with Crippen molar-refractivity contribution in [3.8, 4) is 0 Å². The summed E-state index contributed by atoms with van der Waals surface area (Å²) in [4.78, 5) is 13.0. The summed E-state index contributed by atoms with van der Waals surface area (Å²) < 4.78 is 0. The molecule has 4 atom stereocenters. The fourth-order valence-corrected chi connectivity index (χ4v) is 2.53. The van der Waals surface area contributed by atoms with E-state index < -0.39 is 5.97 Å². The van der Waals surface area contributed by atoms with E-state index in [1.54, 1.807) is 6.92 Å². The third-order valence-corrected chi connectivity index (χ3v) is 3.91. The van der Waals surface area contributed by atoms with Gasteiger partial charge in [0.25, 0.3) is 0 Å². The van der Waals surface area contributed by atoms with Crippen molar-refractivity contribution in [2.75, 3.05) is 7.05 Å². The first kappa shape index (κ1) is 12.5. The van der Waals surface area contributed by atoms with Crippen molar-refractivity contribution < 1.29 is 9.90 Å². The van der Waals surface area contributed by atoms with Crippen LogP contribution in [0, 0.1) is 11.8 Å². The Morgan fingerprint density at radius 3 is 2.53 bits per heavy atom. The molecule has 0 aromatic heterocycles. The molecule has 0 bridgehead atoms. The van der Waals surface area contributed by atoms with Crippen LogP contribution in [0.2, 0.25) is 0 Å². The number of aliphatic carboxylic acids is 1. The average Bonchev–Trinajstić information content (AvgIpc) is 2.19. The quantitative estimate of drug-likeness (QED) is 0.781. The molecule has 0 aromatic rings. The van der Waals surface area contributed by atoms with Gasteiger partial charge in [0.2, 0.25) is 0 Å². The number of rotatable bonds is 3. The van der Waals surface area contributed by atoms with Gasteiger partial charge in [-0.05, 0) is 38.6 Å². The minimum atomic E-state index is -0.720. The largest absolute Gasteiger partial charge is 0.480 e. The van der Waals surface area contributed by atoms with Gasteiger partial charge in [0.15, 0.2) is 0 Å². The van der Waals surface area contributed by atoms with Crippen LogP contribution in [0.5, 0.6) is 0 Å². The lowest BCUT2D eigenvalue weighted by atomic mass is 9.79. The Morgan fingerprint density at radius 2 is 2.00 bits per heavy atom. The van der Waals surface area contributed by atoms with Crippen LogP contribution >= 0.6 is 0 Å². The topological polar surface area (TPSA) is 40.5 Å². The van der Waals surface area contributed by atoms with Gasteiger partial charge in [-0.15, -0.1) is 0 Å². The van der Waals surface area contributed by atoms with Crippen molar-refractivity contribution in [2.24, 2.45) is 11.8 Å². The molecule has 3 heteroatoms. The monoisotopic (exact) mass is 213 g/mol. The van der Waals surface area contributed by atoms with Crippen LogP contribution in [0.4, 0.5) is 0 Å². The van der Waals surface area contributed by atoms with Gasteiger partial charge in [-0.3, -0.25) is 9.69 Å². The molecule has 3 nitrogen and oxygen atoms in total. The van der Waals surface area contributed by atoms with Crippen LogP contribution in [0.3, 0.4) is 0 Å². The fourth-order valence-electron chi connectivity index (χ4n) is 2.53. The Hall–Kier alpha value is -0.570. The van der Waals surface area contributed by atoms with Crippen molar-refractivity contribution in [3.63, 3.8) is 0 Å². The second kappa shape index (κ2) is 4.97. The van der Waals surface area contributed by atoms with Gasteiger partial charge < -0.3 is 5.11 Å². The maximum Gasteiger partial charge on any atom is 0.320 e. The molecule has 1 aliphatic rings. The fraction of sp³-hybridized carbons (Fsp3) is 0.917. The van der Waals surface area contributed by atoms with Gasteiger partial charge in [0.1, 0.15) is 6.04 Å². The van der Waals surface area contributed by atoms with Gasteiger partial charge in [0, 0.05) is 6.04 Å². The van der Waals surface area contributed by atoms with Crippen molar-refractivity contribution in [1.82, 2.24) is 4.90 Å². The molecule has 4 unspecified atom stereocenters. The number of carbonyl (C=O) groups is 1. The number of carboxylic acids is 1. The number of likely N-dealkylation sites (N-methyl/N-ethyl adjacent to an activating group) is 1. The van der Waals surface area contributed by atoms with Crippen LogP contribution in [0.15, 0.2) is 0 Å². The van der Waals surface area contributed by atoms with E-state index in [0.717, 1.165) is 12.3 Å². The maximum atomic E-state index is 10.9. The van der Waals surface area contributed by atoms with E-state index in [1.165, 1.54) is 12.8 Å². The molecule has 0 aliphatic heterocycles. The second-order valence-electron chi connectivity index (χ2n) is 5.14. The molecule has 1 fully saturated rings. The second-order valence-corrected chi connectivity index (χ2v) is 5.14. The Kier molecular flexibility index (Phi) is 4.14. The van der Waals surface area contributed by atoms with Crippen LogP contribution in [0.1, 0.15) is 40.0 Å². The number of nitrogens with zero attached hydrogens (tertiary/aromatic N) is 1. The molecule has 0 spiro atoms. The Labute approximate surface area is 92.5 Å². The molecular weight excluding hydrogens is 190 g/mol. The third-order valence-electron chi connectivity index (χ3n) is 3.91. The Balaban J connectivity index is 2.63. The van der Waals surface area contributed by atoms with Gasteiger partial charge in [-0.2, -0.15) is 0 Å². The molecule has 0 heterocycles. The summed E-state index contributed by atoms with van der Waals surface area (Å²) >= 11 is 0. The predicted octanol–water partition coefficient (Wildman–Crippen LogP) is 2.22. The van der Waals surface area contributed by atoms with E-state index in [-0.39, 0.29) is 6.04 Å². The van der Waals surface area contributed by atoms with Crippen molar-refractivity contribution >= 4 is 5.97 Å². The first-order valence-electron chi connectivity index (χ1n) is 5.88.